The maximum absolute atomic E-state index is 12.0. The van der Waals surface area contributed by atoms with E-state index in [1.165, 1.54) is 0 Å². The number of benzene rings is 1. The summed E-state index contributed by atoms with van der Waals surface area (Å²) in [6.45, 7) is 4.26. The summed E-state index contributed by atoms with van der Waals surface area (Å²) in [6.07, 6.45) is 2.83. The Morgan fingerprint density at radius 2 is 2.06 bits per heavy atom. The second kappa shape index (κ2) is 6.31. The van der Waals surface area contributed by atoms with Crippen LogP contribution in [-0.4, -0.2) is 12.9 Å². The van der Waals surface area contributed by atoms with E-state index in [9.17, 15) is 4.79 Å². The van der Waals surface area contributed by atoms with Crippen molar-refractivity contribution in [3.63, 3.8) is 0 Å². The van der Waals surface area contributed by atoms with Gasteiger partial charge in [0.15, 0.2) is 5.78 Å². The van der Waals surface area contributed by atoms with Crippen LogP contribution in [0.1, 0.15) is 43.5 Å². The van der Waals surface area contributed by atoms with Crippen LogP contribution in [0.2, 0.25) is 0 Å². The number of methoxy groups -OCH3 is 1. The lowest BCUT2D eigenvalue weighted by Gasteiger charge is -2.11. The monoisotopic (exact) mass is 220 g/mol. The van der Waals surface area contributed by atoms with Crippen LogP contribution in [0.15, 0.2) is 24.3 Å². The van der Waals surface area contributed by atoms with E-state index < -0.39 is 0 Å². The first kappa shape index (κ1) is 12.8. The molecule has 0 fully saturated rings. The van der Waals surface area contributed by atoms with Crippen LogP contribution in [-0.2, 0) is 0 Å². The van der Waals surface area contributed by atoms with Crippen LogP contribution in [0.4, 0.5) is 0 Å². The molecule has 0 aromatic heterocycles. The lowest BCUT2D eigenvalue weighted by molar-refractivity contribution is 0.0959. The van der Waals surface area contributed by atoms with E-state index in [4.69, 9.17) is 4.74 Å². The number of hydrogen-bond donors (Lipinski definition) is 0. The smallest absolute Gasteiger partial charge is 0.166 e. The van der Waals surface area contributed by atoms with Gasteiger partial charge < -0.3 is 4.74 Å². The van der Waals surface area contributed by atoms with Gasteiger partial charge in [-0.2, -0.15) is 0 Å². The highest BCUT2D eigenvalue weighted by molar-refractivity contribution is 5.98. The van der Waals surface area contributed by atoms with E-state index in [1.807, 2.05) is 24.3 Å². The Kier molecular flexibility index (Phi) is 5.03. The summed E-state index contributed by atoms with van der Waals surface area (Å²) in [5.74, 6) is 1.30. The molecule has 1 aromatic carbocycles. The summed E-state index contributed by atoms with van der Waals surface area (Å²) in [6, 6.07) is 7.42. The van der Waals surface area contributed by atoms with Gasteiger partial charge in [0.05, 0.1) is 12.7 Å². The van der Waals surface area contributed by atoms with Crippen molar-refractivity contribution >= 4 is 5.78 Å². The number of ketones is 1. The molecule has 0 amide bonds. The van der Waals surface area contributed by atoms with Crippen LogP contribution >= 0.6 is 0 Å². The molecule has 1 atom stereocenters. The first-order valence-electron chi connectivity index (χ1n) is 5.85. The summed E-state index contributed by atoms with van der Waals surface area (Å²) < 4.78 is 5.19. The Morgan fingerprint density at radius 3 is 2.69 bits per heavy atom. The largest absolute Gasteiger partial charge is 0.496 e. The first-order chi connectivity index (χ1) is 7.69. The Bertz CT molecular complexity index is 344. The molecule has 2 nitrogen and oxygen atoms in total. The van der Waals surface area contributed by atoms with Crippen LogP contribution in [0.3, 0.4) is 0 Å². The van der Waals surface area contributed by atoms with Gasteiger partial charge in [0.25, 0.3) is 0 Å². The molecule has 16 heavy (non-hydrogen) atoms. The number of Topliss-reactive ketones (excluding diaryl/α,β-unsaturated/α-hetero) is 1. The summed E-state index contributed by atoms with van der Waals surface area (Å²) >= 11 is 0. The lowest BCUT2D eigenvalue weighted by Crippen LogP contribution is -2.07. The van der Waals surface area contributed by atoms with Crippen molar-refractivity contribution in [1.82, 2.24) is 0 Å². The van der Waals surface area contributed by atoms with E-state index >= 15 is 0 Å². The summed E-state index contributed by atoms with van der Waals surface area (Å²) in [5.41, 5.74) is 0.702. The Hall–Kier alpha value is -1.31. The lowest BCUT2D eigenvalue weighted by atomic mass is 9.96. The Balaban J connectivity index is 2.72. The Morgan fingerprint density at radius 1 is 1.38 bits per heavy atom. The molecule has 1 unspecified atom stereocenters. The van der Waals surface area contributed by atoms with Crippen LogP contribution in [0.25, 0.3) is 0 Å². The zero-order valence-electron chi connectivity index (χ0n) is 10.3. The molecule has 0 aliphatic rings. The quantitative estimate of drug-likeness (QED) is 0.683. The van der Waals surface area contributed by atoms with Gasteiger partial charge in [-0.05, 0) is 18.1 Å². The fourth-order valence-corrected chi connectivity index (χ4v) is 1.90. The molecule has 0 N–H and O–H groups in total. The fourth-order valence-electron chi connectivity index (χ4n) is 1.90. The van der Waals surface area contributed by atoms with Gasteiger partial charge in [0, 0.05) is 6.42 Å². The normalized spacial score (nSPS) is 12.2. The SMILES string of the molecule is CCCC(C)CC(=O)c1ccccc1OC. The molecule has 0 bridgehead atoms. The highest BCUT2D eigenvalue weighted by atomic mass is 16.5. The van der Waals surface area contributed by atoms with Crippen molar-refractivity contribution in [3.8, 4) is 5.75 Å². The van der Waals surface area contributed by atoms with Gasteiger partial charge in [-0.15, -0.1) is 0 Å². The second-order valence-electron chi connectivity index (χ2n) is 4.22. The third kappa shape index (κ3) is 3.37. The van der Waals surface area contributed by atoms with Crippen molar-refractivity contribution in [2.75, 3.05) is 7.11 Å². The standard InChI is InChI=1S/C14H20O2/c1-4-7-11(2)10-13(15)12-8-5-6-9-14(12)16-3/h5-6,8-9,11H,4,7,10H2,1-3H3. The van der Waals surface area contributed by atoms with Crippen LogP contribution < -0.4 is 4.74 Å². The minimum absolute atomic E-state index is 0.179. The number of rotatable bonds is 6. The molecule has 88 valence electrons. The zero-order valence-corrected chi connectivity index (χ0v) is 10.3. The topological polar surface area (TPSA) is 26.3 Å². The van der Waals surface area contributed by atoms with Crippen molar-refractivity contribution in [2.24, 2.45) is 5.92 Å². The van der Waals surface area contributed by atoms with Gasteiger partial charge in [0.1, 0.15) is 5.75 Å². The van der Waals surface area contributed by atoms with Crippen LogP contribution in [0, 0.1) is 5.92 Å². The highest BCUT2D eigenvalue weighted by Crippen LogP contribution is 2.22. The van der Waals surface area contributed by atoms with Gasteiger partial charge in [-0.3, -0.25) is 4.79 Å². The molecular formula is C14H20O2. The number of para-hydroxylation sites is 1. The molecular weight excluding hydrogens is 200 g/mol. The van der Waals surface area contributed by atoms with E-state index in [-0.39, 0.29) is 5.78 Å². The molecule has 2 heteroatoms. The van der Waals surface area contributed by atoms with Gasteiger partial charge in [-0.25, -0.2) is 0 Å². The fraction of sp³-hybridized carbons (Fsp3) is 0.500. The van der Waals surface area contributed by atoms with Crippen molar-refractivity contribution in [1.29, 1.82) is 0 Å². The second-order valence-corrected chi connectivity index (χ2v) is 4.22. The molecule has 1 rings (SSSR count). The predicted molar refractivity (Wildman–Crippen MR) is 66.0 cm³/mol. The minimum atomic E-state index is 0.179. The van der Waals surface area contributed by atoms with Crippen LogP contribution in [0.5, 0.6) is 5.75 Å². The Labute approximate surface area is 97.6 Å². The summed E-state index contributed by atoms with van der Waals surface area (Å²) in [5, 5.41) is 0. The van der Waals surface area contributed by atoms with Gasteiger partial charge in [0.2, 0.25) is 0 Å². The van der Waals surface area contributed by atoms with Crippen molar-refractivity contribution < 1.29 is 9.53 Å². The van der Waals surface area contributed by atoms with Crippen molar-refractivity contribution in [2.45, 2.75) is 33.1 Å². The van der Waals surface area contributed by atoms with E-state index in [0.29, 0.717) is 23.7 Å². The zero-order chi connectivity index (χ0) is 12.0. The van der Waals surface area contributed by atoms with Gasteiger partial charge >= 0.3 is 0 Å². The number of ether oxygens (including phenoxy) is 1. The molecule has 0 saturated carbocycles. The number of hydrogen-bond acceptors (Lipinski definition) is 2. The van der Waals surface area contributed by atoms with Crippen molar-refractivity contribution in [3.05, 3.63) is 29.8 Å². The predicted octanol–water partition coefficient (Wildman–Crippen LogP) is 3.70. The molecule has 1 aromatic rings. The highest BCUT2D eigenvalue weighted by Gasteiger charge is 2.14. The van der Waals surface area contributed by atoms with Gasteiger partial charge in [-0.1, -0.05) is 38.8 Å². The molecule has 0 radical (unpaired) electrons. The third-order valence-electron chi connectivity index (χ3n) is 2.72. The number of carbonyl (C=O) groups excluding carboxylic acids is 1. The molecule has 0 spiro atoms. The van der Waals surface area contributed by atoms with E-state index in [2.05, 4.69) is 13.8 Å². The van der Waals surface area contributed by atoms with E-state index in [0.717, 1.165) is 12.8 Å². The maximum Gasteiger partial charge on any atom is 0.166 e. The molecule has 0 aliphatic heterocycles. The molecule has 0 saturated heterocycles. The minimum Gasteiger partial charge on any atom is -0.496 e. The average molecular weight is 220 g/mol. The third-order valence-corrected chi connectivity index (χ3v) is 2.72. The van der Waals surface area contributed by atoms with E-state index in [1.54, 1.807) is 7.11 Å². The molecule has 0 aliphatic carbocycles. The average Bonchev–Trinajstić information content (AvgIpc) is 2.29. The number of carbonyl (C=O) groups is 1. The maximum atomic E-state index is 12.0. The molecule has 0 heterocycles. The summed E-state index contributed by atoms with van der Waals surface area (Å²) in [4.78, 5) is 12.0. The summed E-state index contributed by atoms with van der Waals surface area (Å²) in [7, 11) is 1.60. The first-order valence-corrected chi connectivity index (χ1v) is 5.85.